The highest BCUT2D eigenvalue weighted by molar-refractivity contribution is 5.76. The van der Waals surface area contributed by atoms with Crippen LogP contribution in [-0.2, 0) is 9.53 Å². The Morgan fingerprint density at radius 1 is 1.75 bits per heavy atom. The molecule has 16 heavy (non-hydrogen) atoms. The van der Waals surface area contributed by atoms with E-state index in [1.807, 2.05) is 0 Å². The van der Waals surface area contributed by atoms with Crippen molar-refractivity contribution >= 4 is 5.97 Å². The Morgan fingerprint density at radius 3 is 2.81 bits per heavy atom. The van der Waals surface area contributed by atoms with E-state index < -0.39 is 11.6 Å². The van der Waals surface area contributed by atoms with Gasteiger partial charge in [0.25, 0.3) is 0 Å². The maximum atomic E-state index is 11.6. The largest absolute Gasteiger partial charge is 0.449 e. The summed E-state index contributed by atoms with van der Waals surface area (Å²) in [4.78, 5) is 11.6. The number of fused-ring (bicyclic) bond motifs is 1. The third-order valence-electron chi connectivity index (χ3n) is 4.04. The number of esters is 1. The fourth-order valence-corrected chi connectivity index (χ4v) is 2.97. The summed E-state index contributed by atoms with van der Waals surface area (Å²) >= 11 is 0. The summed E-state index contributed by atoms with van der Waals surface area (Å²) in [5, 5.41) is 0. The van der Waals surface area contributed by atoms with Gasteiger partial charge in [-0.15, -0.1) is 0 Å². The molecule has 5 atom stereocenters. The highest BCUT2D eigenvalue weighted by atomic mass is 16.6. The third-order valence-corrected chi connectivity index (χ3v) is 4.04. The van der Waals surface area contributed by atoms with Crippen molar-refractivity contribution < 1.29 is 9.53 Å². The molecule has 0 aliphatic heterocycles. The average Bonchev–Trinajstić information content (AvgIpc) is 2.73. The van der Waals surface area contributed by atoms with Crippen molar-refractivity contribution in [2.45, 2.75) is 31.9 Å². The molecule has 0 aromatic carbocycles. The first-order valence-electron chi connectivity index (χ1n) is 5.74. The number of ether oxygens (including phenoxy) is 1. The van der Waals surface area contributed by atoms with E-state index in [0.29, 0.717) is 17.8 Å². The minimum Gasteiger partial charge on any atom is -0.449 e. The molecule has 3 heteroatoms. The maximum absolute atomic E-state index is 11.6. The van der Waals surface area contributed by atoms with Crippen LogP contribution in [0.1, 0.15) is 20.3 Å². The average molecular weight is 221 g/mol. The molecule has 0 saturated heterocycles. The second-order valence-corrected chi connectivity index (χ2v) is 5.06. The second kappa shape index (κ2) is 3.45. The van der Waals surface area contributed by atoms with Gasteiger partial charge in [0, 0.05) is 5.92 Å². The molecule has 3 nitrogen and oxygen atoms in total. The van der Waals surface area contributed by atoms with E-state index in [9.17, 15) is 4.79 Å². The van der Waals surface area contributed by atoms with Gasteiger partial charge in [-0.3, -0.25) is 4.79 Å². The molecule has 0 amide bonds. The van der Waals surface area contributed by atoms with Gasteiger partial charge in [0.05, 0.1) is 0 Å². The normalized spacial score (nSPS) is 42.4. The summed E-state index contributed by atoms with van der Waals surface area (Å²) in [6.45, 7) is 11.6. The quantitative estimate of drug-likeness (QED) is 0.582. The van der Waals surface area contributed by atoms with Gasteiger partial charge in [-0.25, -0.2) is 0 Å². The fraction of sp³-hybridized carbons (Fsp3) is 0.615. The van der Waals surface area contributed by atoms with Gasteiger partial charge in [0.15, 0.2) is 5.60 Å². The van der Waals surface area contributed by atoms with Gasteiger partial charge in [-0.05, 0) is 36.8 Å². The summed E-state index contributed by atoms with van der Waals surface area (Å²) in [6, 6.07) is -0.599. The molecule has 2 saturated carbocycles. The van der Waals surface area contributed by atoms with Crippen LogP contribution >= 0.6 is 0 Å². The molecule has 2 rings (SSSR count). The van der Waals surface area contributed by atoms with Gasteiger partial charge in [0.2, 0.25) is 0 Å². The zero-order valence-corrected chi connectivity index (χ0v) is 9.90. The van der Waals surface area contributed by atoms with E-state index in [1.54, 1.807) is 13.0 Å². The molecule has 2 aliphatic carbocycles. The van der Waals surface area contributed by atoms with E-state index in [2.05, 4.69) is 20.1 Å². The first-order chi connectivity index (χ1) is 7.44. The van der Waals surface area contributed by atoms with Crippen LogP contribution in [0.25, 0.3) is 0 Å². The molecule has 0 spiro atoms. The van der Waals surface area contributed by atoms with E-state index in [-0.39, 0.29) is 5.97 Å². The topological polar surface area (TPSA) is 52.3 Å². The molecule has 0 aromatic heterocycles. The number of rotatable bonds is 3. The molecule has 0 aromatic rings. The van der Waals surface area contributed by atoms with Crippen LogP contribution in [0.4, 0.5) is 0 Å². The van der Waals surface area contributed by atoms with E-state index >= 15 is 0 Å². The minimum atomic E-state index is -0.658. The Labute approximate surface area is 96.3 Å². The van der Waals surface area contributed by atoms with Crippen LogP contribution in [0.2, 0.25) is 0 Å². The molecular formula is C13H19NO2. The lowest BCUT2D eigenvalue weighted by Crippen LogP contribution is -2.41. The van der Waals surface area contributed by atoms with Crippen LogP contribution < -0.4 is 5.73 Å². The van der Waals surface area contributed by atoms with E-state index in [0.717, 1.165) is 12.0 Å². The van der Waals surface area contributed by atoms with Crippen LogP contribution in [0, 0.1) is 17.8 Å². The third kappa shape index (κ3) is 1.34. The first kappa shape index (κ1) is 11.4. The molecule has 0 radical (unpaired) electrons. The Balaban J connectivity index is 2.22. The van der Waals surface area contributed by atoms with E-state index in [1.165, 1.54) is 0 Å². The lowest BCUT2D eigenvalue weighted by Gasteiger charge is -2.31. The molecule has 0 heterocycles. The number of carbonyl (C=O) groups is 1. The Hall–Kier alpha value is -1.09. The first-order valence-corrected chi connectivity index (χ1v) is 5.74. The van der Waals surface area contributed by atoms with Gasteiger partial charge in [-0.2, -0.15) is 0 Å². The molecule has 2 N–H and O–H groups in total. The molecular weight excluding hydrogens is 202 g/mol. The summed E-state index contributed by atoms with van der Waals surface area (Å²) in [5.74, 6) is 1.18. The van der Waals surface area contributed by atoms with Crippen molar-refractivity contribution in [3.63, 3.8) is 0 Å². The predicted octanol–water partition coefficient (Wildman–Crippen LogP) is 1.64. The van der Waals surface area contributed by atoms with Crippen molar-refractivity contribution in [2.75, 3.05) is 0 Å². The van der Waals surface area contributed by atoms with Gasteiger partial charge in [0.1, 0.15) is 6.04 Å². The minimum absolute atomic E-state index is 0.361. The lowest BCUT2D eigenvalue weighted by molar-refractivity contribution is -0.154. The van der Waals surface area contributed by atoms with E-state index in [4.69, 9.17) is 10.5 Å². The van der Waals surface area contributed by atoms with Crippen molar-refractivity contribution in [3.05, 3.63) is 24.8 Å². The SMILES string of the molecule is C=C[C@]1(OC(=O)C(C)N)C(=C)C[C@@H]2[C@@H](C)[C@H]21. The van der Waals surface area contributed by atoms with Crippen LogP contribution in [0.5, 0.6) is 0 Å². The van der Waals surface area contributed by atoms with Crippen molar-refractivity contribution in [1.29, 1.82) is 0 Å². The van der Waals surface area contributed by atoms with Crippen molar-refractivity contribution in [2.24, 2.45) is 23.5 Å². The molecule has 2 aliphatic rings. The molecule has 1 unspecified atom stereocenters. The highest BCUT2D eigenvalue weighted by Gasteiger charge is 2.66. The molecule has 2 fully saturated rings. The zero-order valence-electron chi connectivity index (χ0n) is 9.90. The smallest absolute Gasteiger partial charge is 0.323 e. The summed E-state index contributed by atoms with van der Waals surface area (Å²) in [5.41, 5.74) is 5.83. The van der Waals surface area contributed by atoms with Gasteiger partial charge < -0.3 is 10.5 Å². The Bertz CT molecular complexity index is 361. The van der Waals surface area contributed by atoms with Gasteiger partial charge in [-0.1, -0.05) is 20.1 Å². The summed E-state index contributed by atoms with van der Waals surface area (Å²) in [6.07, 6.45) is 2.66. The number of hydrogen-bond acceptors (Lipinski definition) is 3. The molecule has 0 bridgehead atoms. The maximum Gasteiger partial charge on any atom is 0.323 e. The van der Waals surface area contributed by atoms with Crippen LogP contribution in [0.3, 0.4) is 0 Å². The standard InChI is InChI=1S/C13H19NO2/c1-5-13(16-12(15)9(4)14)7(2)6-10-8(3)11(10)13/h5,8-11H,1-2,6,14H2,3-4H3/t8-,9?,10-,11-,13+/m1/s1. The second-order valence-electron chi connectivity index (χ2n) is 5.06. The highest BCUT2D eigenvalue weighted by Crippen LogP contribution is 2.65. The number of nitrogens with two attached hydrogens (primary N) is 1. The monoisotopic (exact) mass is 221 g/mol. The van der Waals surface area contributed by atoms with Gasteiger partial charge >= 0.3 is 5.97 Å². The summed E-state index contributed by atoms with van der Waals surface area (Å²) in [7, 11) is 0. The Kier molecular flexibility index (Phi) is 2.46. The summed E-state index contributed by atoms with van der Waals surface area (Å²) < 4.78 is 5.56. The Morgan fingerprint density at radius 2 is 2.38 bits per heavy atom. The van der Waals surface area contributed by atoms with Crippen LogP contribution in [-0.4, -0.2) is 17.6 Å². The number of hydrogen-bond donors (Lipinski definition) is 1. The lowest BCUT2D eigenvalue weighted by atomic mass is 9.90. The number of carbonyl (C=O) groups excluding carboxylic acids is 1. The molecule has 88 valence electrons. The zero-order chi connectivity index (χ0) is 12.1. The van der Waals surface area contributed by atoms with Crippen LogP contribution in [0.15, 0.2) is 24.8 Å². The van der Waals surface area contributed by atoms with Crippen molar-refractivity contribution in [1.82, 2.24) is 0 Å². The predicted molar refractivity (Wildman–Crippen MR) is 62.6 cm³/mol. The van der Waals surface area contributed by atoms with Crippen molar-refractivity contribution in [3.8, 4) is 0 Å². The fourth-order valence-electron chi connectivity index (χ4n) is 2.97.